The first-order valence-corrected chi connectivity index (χ1v) is 5.52. The minimum Gasteiger partial charge on any atom is -0.350 e. The lowest BCUT2D eigenvalue weighted by Gasteiger charge is -2.22. The molecular formula is C11H21N3O. The van der Waals surface area contributed by atoms with E-state index in [1.165, 1.54) is 12.8 Å². The largest absolute Gasteiger partial charge is 0.350 e. The van der Waals surface area contributed by atoms with Gasteiger partial charge >= 0.3 is 6.03 Å². The van der Waals surface area contributed by atoms with Gasteiger partial charge in [0, 0.05) is 5.71 Å². The first-order valence-electron chi connectivity index (χ1n) is 5.52. The lowest BCUT2D eigenvalue weighted by molar-refractivity contribution is 0.249. The molecule has 0 aromatic rings. The van der Waals surface area contributed by atoms with Gasteiger partial charge in [0.1, 0.15) is 0 Å². The Labute approximate surface area is 91.3 Å². The molecule has 1 aliphatic carbocycles. The van der Waals surface area contributed by atoms with Crippen LogP contribution in [0.15, 0.2) is 5.10 Å². The van der Waals surface area contributed by atoms with E-state index < -0.39 is 6.03 Å². The molecule has 1 saturated carbocycles. The fraction of sp³-hybridized carbons (Fsp3) is 0.818. The monoisotopic (exact) mass is 211 g/mol. The summed E-state index contributed by atoms with van der Waals surface area (Å²) in [5.41, 5.74) is 8.69. The van der Waals surface area contributed by atoms with E-state index in [-0.39, 0.29) is 5.41 Å². The molecule has 0 bridgehead atoms. The second kappa shape index (κ2) is 4.64. The highest BCUT2D eigenvalue weighted by atomic mass is 16.2. The molecule has 1 fully saturated rings. The van der Waals surface area contributed by atoms with Crippen LogP contribution in [-0.2, 0) is 0 Å². The molecule has 0 aromatic carbocycles. The van der Waals surface area contributed by atoms with Gasteiger partial charge in [0.25, 0.3) is 0 Å². The molecule has 0 saturated heterocycles. The third kappa shape index (κ3) is 3.90. The maximum absolute atomic E-state index is 10.6. The number of amides is 2. The van der Waals surface area contributed by atoms with Gasteiger partial charge in [-0.05, 0) is 30.6 Å². The number of hydrogen-bond donors (Lipinski definition) is 2. The van der Waals surface area contributed by atoms with Crippen LogP contribution in [0.25, 0.3) is 0 Å². The number of primary amides is 1. The van der Waals surface area contributed by atoms with Crippen molar-refractivity contribution in [1.29, 1.82) is 0 Å². The number of rotatable bonds is 1. The van der Waals surface area contributed by atoms with E-state index in [1.807, 2.05) is 0 Å². The van der Waals surface area contributed by atoms with Crippen molar-refractivity contribution in [3.63, 3.8) is 0 Å². The van der Waals surface area contributed by atoms with Crippen molar-refractivity contribution >= 4 is 11.7 Å². The lowest BCUT2D eigenvalue weighted by atomic mass is 9.84. The Morgan fingerprint density at radius 2 is 2.27 bits per heavy atom. The van der Waals surface area contributed by atoms with Crippen LogP contribution in [0.1, 0.15) is 46.5 Å². The summed E-state index contributed by atoms with van der Waals surface area (Å²) in [6.45, 7) is 6.64. The van der Waals surface area contributed by atoms with Crippen LogP contribution in [0.3, 0.4) is 0 Å². The molecule has 15 heavy (non-hydrogen) atoms. The van der Waals surface area contributed by atoms with Crippen LogP contribution in [-0.4, -0.2) is 11.7 Å². The van der Waals surface area contributed by atoms with Crippen LogP contribution in [0.5, 0.6) is 0 Å². The molecule has 4 nitrogen and oxygen atoms in total. The van der Waals surface area contributed by atoms with Crippen molar-refractivity contribution < 1.29 is 4.79 Å². The zero-order valence-electron chi connectivity index (χ0n) is 9.84. The van der Waals surface area contributed by atoms with Crippen LogP contribution in [0.2, 0.25) is 0 Å². The van der Waals surface area contributed by atoms with Gasteiger partial charge in [-0.1, -0.05) is 27.2 Å². The van der Waals surface area contributed by atoms with Crippen LogP contribution in [0, 0.1) is 11.3 Å². The summed E-state index contributed by atoms with van der Waals surface area (Å²) in [5.74, 6) is 0.443. The Bertz CT molecular complexity index is 271. The topological polar surface area (TPSA) is 67.5 Å². The number of nitrogens with one attached hydrogen (secondary N) is 1. The van der Waals surface area contributed by atoms with Crippen LogP contribution < -0.4 is 11.2 Å². The second-order valence-electron chi connectivity index (χ2n) is 5.21. The van der Waals surface area contributed by atoms with E-state index in [4.69, 9.17) is 5.73 Å². The van der Waals surface area contributed by atoms with Gasteiger partial charge in [-0.25, -0.2) is 10.2 Å². The zero-order valence-corrected chi connectivity index (χ0v) is 9.84. The van der Waals surface area contributed by atoms with Crippen molar-refractivity contribution in [2.45, 2.75) is 46.5 Å². The molecule has 4 heteroatoms. The van der Waals surface area contributed by atoms with Crippen molar-refractivity contribution in [2.75, 3.05) is 0 Å². The van der Waals surface area contributed by atoms with Crippen molar-refractivity contribution in [1.82, 2.24) is 5.43 Å². The Balaban J connectivity index is 2.73. The molecule has 0 heterocycles. The van der Waals surface area contributed by atoms with E-state index in [0.717, 1.165) is 18.6 Å². The molecule has 86 valence electrons. The van der Waals surface area contributed by atoms with E-state index in [1.54, 1.807) is 0 Å². The van der Waals surface area contributed by atoms with E-state index in [9.17, 15) is 4.79 Å². The average molecular weight is 211 g/mol. The highest BCUT2D eigenvalue weighted by molar-refractivity contribution is 5.88. The molecule has 0 aromatic heterocycles. The lowest BCUT2D eigenvalue weighted by Crippen LogP contribution is -2.28. The van der Waals surface area contributed by atoms with Gasteiger partial charge in [-0.2, -0.15) is 5.10 Å². The van der Waals surface area contributed by atoms with E-state index in [2.05, 4.69) is 31.3 Å². The van der Waals surface area contributed by atoms with Crippen LogP contribution in [0.4, 0.5) is 4.79 Å². The minimum atomic E-state index is -0.586. The predicted molar refractivity (Wildman–Crippen MR) is 61.6 cm³/mol. The normalized spacial score (nSPS) is 28.5. The maximum atomic E-state index is 10.6. The number of hydrazone groups is 1. The van der Waals surface area contributed by atoms with E-state index in [0.29, 0.717) is 5.92 Å². The number of carbonyl (C=O) groups excluding carboxylic acids is 1. The standard InChI is InChI=1S/C11H21N3O/c1-8-5-4-6-11(2,3)7-9(8)13-14-10(12)15/h8H,4-7H2,1-3H3,(H3,12,14,15)/b13-9+. The van der Waals surface area contributed by atoms with Gasteiger partial charge in [-0.3, -0.25) is 0 Å². The highest BCUT2D eigenvalue weighted by Gasteiger charge is 2.27. The summed E-state index contributed by atoms with van der Waals surface area (Å²) in [7, 11) is 0. The Hall–Kier alpha value is -1.06. The van der Waals surface area contributed by atoms with Crippen molar-refractivity contribution in [3.8, 4) is 0 Å². The third-order valence-corrected chi connectivity index (χ3v) is 3.03. The molecule has 1 unspecified atom stereocenters. The van der Waals surface area contributed by atoms with Crippen molar-refractivity contribution in [2.24, 2.45) is 22.2 Å². The van der Waals surface area contributed by atoms with Gasteiger partial charge in [-0.15, -0.1) is 0 Å². The smallest absolute Gasteiger partial charge is 0.332 e. The fourth-order valence-corrected chi connectivity index (χ4v) is 2.08. The van der Waals surface area contributed by atoms with Gasteiger partial charge in [0.15, 0.2) is 0 Å². The molecule has 1 aliphatic rings. The molecule has 0 aliphatic heterocycles. The van der Waals surface area contributed by atoms with Crippen LogP contribution >= 0.6 is 0 Å². The third-order valence-electron chi connectivity index (χ3n) is 3.03. The SMILES string of the molecule is CC1CCCC(C)(C)C/C1=N\NC(N)=O. The number of nitrogens with zero attached hydrogens (tertiary/aromatic N) is 1. The molecular weight excluding hydrogens is 190 g/mol. The molecule has 3 N–H and O–H groups in total. The summed E-state index contributed by atoms with van der Waals surface area (Å²) in [4.78, 5) is 10.6. The average Bonchev–Trinajstić information content (AvgIpc) is 2.22. The summed E-state index contributed by atoms with van der Waals surface area (Å²) >= 11 is 0. The summed E-state index contributed by atoms with van der Waals surface area (Å²) in [6.07, 6.45) is 4.52. The molecule has 1 rings (SSSR count). The van der Waals surface area contributed by atoms with Gasteiger partial charge in [0.2, 0.25) is 0 Å². The molecule has 0 spiro atoms. The zero-order chi connectivity index (χ0) is 11.5. The highest BCUT2D eigenvalue weighted by Crippen LogP contribution is 2.34. The number of carbonyl (C=O) groups is 1. The first kappa shape index (κ1) is 12.0. The maximum Gasteiger partial charge on any atom is 0.332 e. The number of nitrogens with two attached hydrogens (primary N) is 1. The molecule has 1 atom stereocenters. The Morgan fingerprint density at radius 1 is 1.60 bits per heavy atom. The Morgan fingerprint density at radius 3 is 2.87 bits per heavy atom. The van der Waals surface area contributed by atoms with Crippen molar-refractivity contribution in [3.05, 3.63) is 0 Å². The second-order valence-corrected chi connectivity index (χ2v) is 5.21. The summed E-state index contributed by atoms with van der Waals surface area (Å²) < 4.78 is 0. The van der Waals surface area contributed by atoms with Gasteiger partial charge in [0.05, 0.1) is 0 Å². The molecule has 2 amide bonds. The molecule has 0 radical (unpaired) electrons. The first-order chi connectivity index (χ1) is 6.91. The number of hydrogen-bond acceptors (Lipinski definition) is 2. The minimum absolute atomic E-state index is 0.281. The number of urea groups is 1. The Kier molecular flexibility index (Phi) is 3.72. The van der Waals surface area contributed by atoms with E-state index >= 15 is 0 Å². The summed E-state index contributed by atoms with van der Waals surface area (Å²) in [6, 6.07) is -0.586. The predicted octanol–water partition coefficient (Wildman–Crippen LogP) is 2.25. The quantitative estimate of drug-likeness (QED) is 0.507. The summed E-state index contributed by atoms with van der Waals surface area (Å²) in [5, 5.41) is 4.11. The fourth-order valence-electron chi connectivity index (χ4n) is 2.08. The van der Waals surface area contributed by atoms with Gasteiger partial charge < -0.3 is 5.73 Å².